The molecule has 1 atom stereocenters. The molecular formula is C21H18F2N2O4. The number of hydrogen-bond acceptors (Lipinski definition) is 4. The summed E-state index contributed by atoms with van der Waals surface area (Å²) in [6.07, 6.45) is -0.334. The van der Waals surface area contributed by atoms with E-state index in [0.717, 1.165) is 7.11 Å². The van der Waals surface area contributed by atoms with Crippen molar-refractivity contribution in [3.05, 3.63) is 71.4 Å². The number of halogens is 2. The number of ether oxygens (including phenoxy) is 1. The van der Waals surface area contributed by atoms with Gasteiger partial charge in [0.2, 0.25) is 11.8 Å². The summed E-state index contributed by atoms with van der Waals surface area (Å²) in [6, 6.07) is 10.7. The predicted molar refractivity (Wildman–Crippen MR) is 102 cm³/mol. The quantitative estimate of drug-likeness (QED) is 0.799. The minimum atomic E-state index is -1.16. The normalized spacial score (nSPS) is 16.6. The zero-order chi connectivity index (χ0) is 21.1. The number of carbonyl (C=O) groups is 3. The van der Waals surface area contributed by atoms with Crippen LogP contribution in [0.3, 0.4) is 0 Å². The first kappa shape index (κ1) is 20.2. The van der Waals surface area contributed by atoms with Gasteiger partial charge >= 0.3 is 5.97 Å². The van der Waals surface area contributed by atoms with Gasteiger partial charge in [0.25, 0.3) is 0 Å². The highest BCUT2D eigenvalue weighted by atomic mass is 19.1. The number of hydrogen-bond donors (Lipinski definition) is 1. The van der Waals surface area contributed by atoms with E-state index in [4.69, 9.17) is 4.74 Å². The van der Waals surface area contributed by atoms with Gasteiger partial charge in [-0.2, -0.15) is 0 Å². The molecule has 0 aromatic heterocycles. The molecule has 1 aliphatic heterocycles. The van der Waals surface area contributed by atoms with Crippen molar-refractivity contribution in [2.45, 2.75) is 13.3 Å². The molecule has 0 saturated heterocycles. The van der Waals surface area contributed by atoms with Crippen molar-refractivity contribution in [1.82, 2.24) is 0 Å². The second kappa shape index (κ2) is 8.22. The van der Waals surface area contributed by atoms with Crippen LogP contribution in [0.5, 0.6) is 0 Å². The number of para-hydroxylation sites is 1. The first-order valence-electron chi connectivity index (χ1n) is 8.76. The summed E-state index contributed by atoms with van der Waals surface area (Å²) in [5, 5.41) is 2.42. The van der Waals surface area contributed by atoms with Gasteiger partial charge < -0.3 is 10.1 Å². The second-order valence-corrected chi connectivity index (χ2v) is 6.42. The Morgan fingerprint density at radius 1 is 1.10 bits per heavy atom. The molecule has 0 unspecified atom stereocenters. The van der Waals surface area contributed by atoms with Gasteiger partial charge in [-0.15, -0.1) is 0 Å². The molecule has 29 heavy (non-hydrogen) atoms. The van der Waals surface area contributed by atoms with Crippen molar-refractivity contribution in [3.63, 3.8) is 0 Å². The van der Waals surface area contributed by atoms with Crippen LogP contribution in [0.25, 0.3) is 0 Å². The number of amides is 2. The van der Waals surface area contributed by atoms with E-state index in [1.165, 1.54) is 54.3 Å². The van der Waals surface area contributed by atoms with E-state index in [2.05, 4.69) is 5.32 Å². The van der Waals surface area contributed by atoms with Gasteiger partial charge in [-0.1, -0.05) is 12.1 Å². The summed E-state index contributed by atoms with van der Waals surface area (Å²) in [6.45, 7) is 1.50. The van der Waals surface area contributed by atoms with Crippen molar-refractivity contribution >= 4 is 29.2 Å². The Kier molecular flexibility index (Phi) is 5.72. The lowest BCUT2D eigenvalue weighted by Gasteiger charge is -2.33. The maximum Gasteiger partial charge on any atom is 0.336 e. The third kappa shape index (κ3) is 4.01. The van der Waals surface area contributed by atoms with Gasteiger partial charge in [-0.05, 0) is 43.3 Å². The van der Waals surface area contributed by atoms with Crippen LogP contribution in [0.1, 0.15) is 13.3 Å². The molecule has 1 heterocycles. The maximum absolute atomic E-state index is 13.9. The van der Waals surface area contributed by atoms with Crippen LogP contribution >= 0.6 is 0 Å². The molecule has 1 N–H and O–H groups in total. The minimum absolute atomic E-state index is 0.0229. The Balaban J connectivity index is 2.01. The number of esters is 1. The molecule has 2 aromatic carbocycles. The summed E-state index contributed by atoms with van der Waals surface area (Å²) in [7, 11) is 1.16. The largest absolute Gasteiger partial charge is 0.466 e. The summed E-state index contributed by atoms with van der Waals surface area (Å²) in [4.78, 5) is 39.2. The topological polar surface area (TPSA) is 75.7 Å². The fraction of sp³-hybridized carbons (Fsp3) is 0.190. The number of nitrogens with zero attached hydrogens (tertiary/aromatic N) is 1. The van der Waals surface area contributed by atoms with E-state index in [0.29, 0.717) is 5.69 Å². The monoisotopic (exact) mass is 400 g/mol. The van der Waals surface area contributed by atoms with Crippen molar-refractivity contribution in [1.29, 1.82) is 0 Å². The van der Waals surface area contributed by atoms with Gasteiger partial charge in [0.1, 0.15) is 11.6 Å². The molecule has 8 heteroatoms. The van der Waals surface area contributed by atoms with Crippen molar-refractivity contribution in [2.75, 3.05) is 17.3 Å². The van der Waals surface area contributed by atoms with E-state index in [-0.39, 0.29) is 23.4 Å². The average molecular weight is 400 g/mol. The highest BCUT2D eigenvalue weighted by molar-refractivity contribution is 6.10. The maximum atomic E-state index is 13.9. The Hall–Kier alpha value is -3.55. The van der Waals surface area contributed by atoms with Crippen LogP contribution < -0.4 is 10.2 Å². The SMILES string of the molecule is COC(=O)C1=C(C)N(c2ccc(F)cc2)C(=O)C[C@H]1C(=O)Nc1ccccc1F. The molecule has 2 amide bonds. The molecule has 0 radical (unpaired) electrons. The third-order valence-corrected chi connectivity index (χ3v) is 4.64. The zero-order valence-electron chi connectivity index (χ0n) is 15.7. The molecular weight excluding hydrogens is 382 g/mol. The van der Waals surface area contributed by atoms with Crippen LogP contribution in [-0.4, -0.2) is 24.9 Å². The minimum Gasteiger partial charge on any atom is -0.466 e. The van der Waals surface area contributed by atoms with Crippen LogP contribution in [-0.2, 0) is 19.1 Å². The smallest absolute Gasteiger partial charge is 0.336 e. The lowest BCUT2D eigenvalue weighted by molar-refractivity contribution is -0.138. The summed E-state index contributed by atoms with van der Waals surface area (Å²) in [5.74, 6) is -4.23. The lowest BCUT2D eigenvalue weighted by atomic mass is 9.88. The Bertz CT molecular complexity index is 1000. The van der Waals surface area contributed by atoms with Gasteiger partial charge in [-0.25, -0.2) is 13.6 Å². The number of carbonyl (C=O) groups excluding carboxylic acids is 3. The first-order chi connectivity index (χ1) is 13.8. The highest BCUT2D eigenvalue weighted by Crippen LogP contribution is 2.34. The summed E-state index contributed by atoms with van der Waals surface area (Å²) in [5.41, 5.74) is 0.453. The number of benzene rings is 2. The van der Waals surface area contributed by atoms with Crippen LogP contribution in [0.15, 0.2) is 59.8 Å². The van der Waals surface area contributed by atoms with Crippen molar-refractivity contribution in [2.24, 2.45) is 5.92 Å². The fourth-order valence-corrected chi connectivity index (χ4v) is 3.26. The Morgan fingerprint density at radius 2 is 1.76 bits per heavy atom. The lowest BCUT2D eigenvalue weighted by Crippen LogP contribution is -2.43. The third-order valence-electron chi connectivity index (χ3n) is 4.64. The van der Waals surface area contributed by atoms with E-state index in [9.17, 15) is 23.2 Å². The number of rotatable bonds is 4. The number of anilines is 2. The standard InChI is InChI=1S/C21H18F2N2O4/c1-12-19(21(28)29-2)15(20(27)24-17-6-4-3-5-16(17)23)11-18(26)25(12)14-9-7-13(22)8-10-14/h3-10,15H,11H2,1-2H3,(H,24,27)/t15-/m1/s1. The fourth-order valence-electron chi connectivity index (χ4n) is 3.26. The molecule has 0 aliphatic carbocycles. The first-order valence-corrected chi connectivity index (χ1v) is 8.76. The number of methoxy groups -OCH3 is 1. The summed E-state index contributed by atoms with van der Waals surface area (Å²) >= 11 is 0. The molecule has 0 saturated carbocycles. The Morgan fingerprint density at radius 3 is 2.38 bits per heavy atom. The zero-order valence-corrected chi connectivity index (χ0v) is 15.7. The van der Waals surface area contributed by atoms with Crippen LogP contribution in [0, 0.1) is 17.6 Å². The molecule has 3 rings (SSSR count). The predicted octanol–water partition coefficient (Wildman–Crippen LogP) is 3.40. The van der Waals surface area contributed by atoms with Gasteiger partial charge in [0, 0.05) is 17.8 Å². The second-order valence-electron chi connectivity index (χ2n) is 6.42. The molecule has 1 aliphatic rings. The molecule has 0 fully saturated rings. The number of allylic oxidation sites excluding steroid dienone is 1. The van der Waals surface area contributed by atoms with Crippen molar-refractivity contribution in [3.8, 4) is 0 Å². The Labute approximate surface area is 165 Å². The average Bonchev–Trinajstić information content (AvgIpc) is 2.70. The summed E-state index contributed by atoms with van der Waals surface area (Å²) < 4.78 is 31.9. The van der Waals surface area contributed by atoms with E-state index >= 15 is 0 Å². The van der Waals surface area contributed by atoms with Crippen molar-refractivity contribution < 1.29 is 27.9 Å². The van der Waals surface area contributed by atoms with Crippen LogP contribution in [0.2, 0.25) is 0 Å². The van der Waals surface area contributed by atoms with Gasteiger partial charge in [-0.3, -0.25) is 14.5 Å². The molecule has 150 valence electrons. The van der Waals surface area contributed by atoms with E-state index < -0.39 is 35.3 Å². The van der Waals surface area contributed by atoms with Crippen LogP contribution in [0.4, 0.5) is 20.2 Å². The number of nitrogens with one attached hydrogen (secondary N) is 1. The van der Waals surface area contributed by atoms with E-state index in [1.807, 2.05) is 0 Å². The molecule has 2 aromatic rings. The van der Waals surface area contributed by atoms with Gasteiger partial charge in [0.05, 0.1) is 24.3 Å². The van der Waals surface area contributed by atoms with Gasteiger partial charge in [0.15, 0.2) is 0 Å². The molecule has 0 bridgehead atoms. The molecule has 6 nitrogen and oxygen atoms in total. The highest BCUT2D eigenvalue weighted by Gasteiger charge is 2.40. The molecule has 0 spiro atoms. The van der Waals surface area contributed by atoms with E-state index in [1.54, 1.807) is 6.07 Å².